The zero-order chi connectivity index (χ0) is 20.8. The van der Waals surface area contributed by atoms with Gasteiger partial charge in [0.05, 0.1) is 12.8 Å². The summed E-state index contributed by atoms with van der Waals surface area (Å²) in [5.74, 6) is -0.467. The van der Waals surface area contributed by atoms with Crippen molar-refractivity contribution in [2.75, 3.05) is 7.11 Å². The van der Waals surface area contributed by atoms with Gasteiger partial charge in [-0.2, -0.15) is 5.10 Å². The lowest BCUT2D eigenvalue weighted by molar-refractivity contribution is -0.145. The van der Waals surface area contributed by atoms with E-state index in [1.165, 1.54) is 19.2 Å². The average molecular weight is 411 g/mol. The van der Waals surface area contributed by atoms with Crippen LogP contribution < -0.4 is 0 Å². The number of fused-ring (bicyclic) bond motifs is 2. The molecule has 158 valence electrons. The van der Waals surface area contributed by atoms with E-state index in [1.807, 2.05) is 0 Å². The maximum absolute atomic E-state index is 13.8. The van der Waals surface area contributed by atoms with Crippen LogP contribution in [-0.4, -0.2) is 45.8 Å². The second-order valence-electron chi connectivity index (χ2n) is 8.61. The highest BCUT2D eigenvalue weighted by atomic mass is 19.1. The summed E-state index contributed by atoms with van der Waals surface area (Å²) in [5, 5.41) is 4.68. The standard InChI is InChI=1S/C23H26FN3O3/c1-30-23(29)20-13-14-5-2-3-7-18(14)26(20)22(28)21-17-6-4-8-19(17)27(25-21)16-11-9-15(24)10-12-16/h9-12,14,18,20H,2-8,13H2,1H3. The minimum Gasteiger partial charge on any atom is -0.467 e. The summed E-state index contributed by atoms with van der Waals surface area (Å²) in [6.07, 6.45) is 7.44. The number of carbonyl (C=O) groups is 2. The first-order valence-corrected chi connectivity index (χ1v) is 10.9. The second-order valence-corrected chi connectivity index (χ2v) is 8.61. The van der Waals surface area contributed by atoms with Crippen LogP contribution >= 0.6 is 0 Å². The first-order valence-electron chi connectivity index (χ1n) is 10.9. The Kier molecular flexibility index (Phi) is 4.83. The van der Waals surface area contributed by atoms with E-state index in [-0.39, 0.29) is 23.7 Å². The third kappa shape index (κ3) is 3.02. The molecule has 30 heavy (non-hydrogen) atoms. The predicted octanol–water partition coefficient (Wildman–Crippen LogP) is 3.45. The van der Waals surface area contributed by atoms with Gasteiger partial charge in [0.2, 0.25) is 0 Å². The van der Waals surface area contributed by atoms with Gasteiger partial charge in [-0.25, -0.2) is 13.9 Å². The van der Waals surface area contributed by atoms with Crippen molar-refractivity contribution >= 4 is 11.9 Å². The summed E-state index contributed by atoms with van der Waals surface area (Å²) in [7, 11) is 1.38. The number of amides is 1. The van der Waals surface area contributed by atoms with E-state index in [1.54, 1.807) is 21.7 Å². The molecule has 1 aromatic heterocycles. The number of methoxy groups -OCH3 is 1. The first-order chi connectivity index (χ1) is 14.6. The lowest BCUT2D eigenvalue weighted by Crippen LogP contribution is -2.47. The highest BCUT2D eigenvalue weighted by Gasteiger charge is 2.49. The fraction of sp³-hybridized carbons (Fsp3) is 0.522. The maximum Gasteiger partial charge on any atom is 0.328 e. The van der Waals surface area contributed by atoms with Crippen LogP contribution in [0.2, 0.25) is 0 Å². The molecule has 1 aliphatic heterocycles. The van der Waals surface area contributed by atoms with E-state index in [4.69, 9.17) is 4.74 Å². The predicted molar refractivity (Wildman–Crippen MR) is 108 cm³/mol. The van der Waals surface area contributed by atoms with Gasteiger partial charge >= 0.3 is 5.97 Å². The van der Waals surface area contributed by atoms with Crippen LogP contribution in [0.1, 0.15) is 60.3 Å². The smallest absolute Gasteiger partial charge is 0.328 e. The van der Waals surface area contributed by atoms with Gasteiger partial charge in [-0.3, -0.25) is 4.79 Å². The Labute approximate surface area is 175 Å². The third-order valence-electron chi connectivity index (χ3n) is 7.00. The number of carbonyl (C=O) groups excluding carboxylic acids is 2. The van der Waals surface area contributed by atoms with E-state index in [0.29, 0.717) is 18.0 Å². The summed E-state index contributed by atoms with van der Waals surface area (Å²) in [5.41, 5.74) is 3.16. The average Bonchev–Trinajstić information content (AvgIpc) is 3.46. The molecule has 2 aromatic rings. The summed E-state index contributed by atoms with van der Waals surface area (Å²) in [4.78, 5) is 28.1. The minimum absolute atomic E-state index is 0.0726. The molecule has 6 nitrogen and oxygen atoms in total. The van der Waals surface area contributed by atoms with Crippen LogP contribution in [0, 0.1) is 11.7 Å². The summed E-state index contributed by atoms with van der Waals surface area (Å²) in [6.45, 7) is 0. The molecule has 2 aliphatic carbocycles. The molecule has 3 atom stereocenters. The zero-order valence-corrected chi connectivity index (χ0v) is 17.1. The quantitative estimate of drug-likeness (QED) is 0.726. The Balaban J connectivity index is 1.54. The largest absolute Gasteiger partial charge is 0.467 e. The summed E-state index contributed by atoms with van der Waals surface area (Å²) >= 11 is 0. The Hall–Kier alpha value is -2.70. The van der Waals surface area contributed by atoms with Crippen molar-refractivity contribution in [2.45, 2.75) is 63.5 Å². The monoisotopic (exact) mass is 411 g/mol. The van der Waals surface area contributed by atoms with Crippen molar-refractivity contribution in [3.05, 3.63) is 47.0 Å². The van der Waals surface area contributed by atoms with Crippen LogP contribution in [0.5, 0.6) is 0 Å². The Morgan fingerprint density at radius 1 is 1.10 bits per heavy atom. The number of rotatable bonds is 3. The number of esters is 1. The van der Waals surface area contributed by atoms with Gasteiger partial charge < -0.3 is 9.64 Å². The SMILES string of the molecule is COC(=O)C1CC2CCCCC2N1C(=O)c1nn(-c2ccc(F)cc2)c2c1CCC2. The van der Waals surface area contributed by atoms with E-state index in [0.717, 1.165) is 61.9 Å². The number of nitrogens with zero attached hydrogens (tertiary/aromatic N) is 3. The topological polar surface area (TPSA) is 64.4 Å². The van der Waals surface area contributed by atoms with Crippen molar-refractivity contribution in [2.24, 2.45) is 5.92 Å². The molecule has 3 unspecified atom stereocenters. The number of likely N-dealkylation sites (tertiary alicyclic amines) is 1. The molecule has 1 aromatic carbocycles. The summed E-state index contributed by atoms with van der Waals surface area (Å²) in [6, 6.07) is 5.70. The molecule has 2 fully saturated rings. The number of halogens is 1. The molecule has 0 bridgehead atoms. The summed E-state index contributed by atoms with van der Waals surface area (Å²) < 4.78 is 20.2. The Bertz CT molecular complexity index is 984. The van der Waals surface area contributed by atoms with Crippen molar-refractivity contribution in [3.8, 4) is 5.69 Å². The van der Waals surface area contributed by atoms with Crippen LogP contribution in [0.3, 0.4) is 0 Å². The van der Waals surface area contributed by atoms with E-state index in [9.17, 15) is 14.0 Å². The fourth-order valence-corrected chi connectivity index (χ4v) is 5.63. The molecule has 7 heteroatoms. The Morgan fingerprint density at radius 3 is 2.63 bits per heavy atom. The molecule has 5 rings (SSSR count). The normalized spacial score (nSPS) is 25.1. The lowest BCUT2D eigenvalue weighted by Gasteiger charge is -2.33. The first kappa shape index (κ1) is 19.3. The van der Waals surface area contributed by atoms with Gasteiger partial charge in [-0.1, -0.05) is 12.8 Å². The van der Waals surface area contributed by atoms with Crippen molar-refractivity contribution in [1.82, 2.24) is 14.7 Å². The Morgan fingerprint density at radius 2 is 1.87 bits per heavy atom. The highest BCUT2D eigenvalue weighted by Crippen LogP contribution is 2.41. The number of hydrogen-bond donors (Lipinski definition) is 0. The van der Waals surface area contributed by atoms with Crippen LogP contribution in [0.25, 0.3) is 5.69 Å². The molecule has 2 heterocycles. The number of benzene rings is 1. The highest BCUT2D eigenvalue weighted by molar-refractivity contribution is 5.97. The molecule has 0 N–H and O–H groups in total. The number of hydrogen-bond acceptors (Lipinski definition) is 4. The van der Waals surface area contributed by atoms with Gasteiger partial charge in [0, 0.05) is 17.3 Å². The van der Waals surface area contributed by atoms with Gasteiger partial charge in [0.1, 0.15) is 11.9 Å². The molecular formula is C23H26FN3O3. The van der Waals surface area contributed by atoms with Gasteiger partial charge in [-0.05, 0) is 68.7 Å². The molecule has 1 amide bonds. The van der Waals surface area contributed by atoms with Crippen LogP contribution in [-0.2, 0) is 22.4 Å². The van der Waals surface area contributed by atoms with Gasteiger partial charge in [-0.15, -0.1) is 0 Å². The van der Waals surface area contributed by atoms with Gasteiger partial charge in [0.25, 0.3) is 5.91 Å². The van der Waals surface area contributed by atoms with Crippen molar-refractivity contribution in [3.63, 3.8) is 0 Å². The fourth-order valence-electron chi connectivity index (χ4n) is 5.63. The molecule has 1 saturated heterocycles. The molecule has 3 aliphatic rings. The van der Waals surface area contributed by atoms with E-state index < -0.39 is 6.04 Å². The maximum atomic E-state index is 13.8. The second kappa shape index (κ2) is 7.52. The van der Waals surface area contributed by atoms with E-state index in [2.05, 4.69) is 5.10 Å². The van der Waals surface area contributed by atoms with Crippen LogP contribution in [0.4, 0.5) is 4.39 Å². The third-order valence-corrected chi connectivity index (χ3v) is 7.00. The van der Waals surface area contributed by atoms with Crippen molar-refractivity contribution in [1.29, 1.82) is 0 Å². The van der Waals surface area contributed by atoms with Crippen LogP contribution in [0.15, 0.2) is 24.3 Å². The lowest BCUT2D eigenvalue weighted by atomic mass is 9.84. The minimum atomic E-state index is -0.538. The molecule has 1 saturated carbocycles. The molecule has 0 radical (unpaired) electrons. The number of ether oxygens (including phenoxy) is 1. The van der Waals surface area contributed by atoms with Crippen molar-refractivity contribution < 1.29 is 18.7 Å². The molecular weight excluding hydrogens is 385 g/mol. The zero-order valence-electron chi connectivity index (χ0n) is 17.1. The molecule has 0 spiro atoms. The van der Waals surface area contributed by atoms with Gasteiger partial charge in [0.15, 0.2) is 5.69 Å². The number of aromatic nitrogens is 2. The van der Waals surface area contributed by atoms with E-state index >= 15 is 0 Å².